The van der Waals surface area contributed by atoms with Gasteiger partial charge in [0, 0.05) is 12.1 Å². The normalized spacial score (nSPS) is 11.8. The van der Waals surface area contributed by atoms with Crippen LogP contribution >= 0.6 is 0 Å². The van der Waals surface area contributed by atoms with Crippen molar-refractivity contribution in [3.8, 4) is 0 Å². The molecular weight excluding hydrogens is 263 g/mol. The van der Waals surface area contributed by atoms with E-state index in [9.17, 15) is 9.59 Å². The van der Waals surface area contributed by atoms with Crippen molar-refractivity contribution >= 4 is 35.9 Å². The number of ether oxygens (including phenoxy) is 1. The molecule has 0 aromatic heterocycles. The first-order valence-corrected chi connectivity index (χ1v) is 6.44. The second-order valence-corrected chi connectivity index (χ2v) is 5.81. The molecule has 0 aliphatic heterocycles. The summed E-state index contributed by atoms with van der Waals surface area (Å²) in [5.41, 5.74) is 0.557. The molecule has 104 valence electrons. The Morgan fingerprint density at radius 3 is 2.10 bits per heavy atom. The fourth-order valence-electron chi connectivity index (χ4n) is 1.56. The Hall–Kier alpha value is -1.65. The number of nitrogens with zero attached hydrogens (tertiary/aromatic N) is 1. The van der Waals surface area contributed by atoms with Crippen LogP contribution in [0.15, 0.2) is 24.3 Å². The molecule has 4 nitrogen and oxygen atoms in total. The van der Waals surface area contributed by atoms with Gasteiger partial charge in [0.05, 0.1) is 23.5 Å². The van der Waals surface area contributed by atoms with Gasteiger partial charge < -0.3 is 9.64 Å². The molecule has 0 aliphatic carbocycles. The molecule has 0 spiro atoms. The smallest absolute Gasteiger partial charge is 0.408 e. The Bertz CT molecular complexity index is 504. The van der Waals surface area contributed by atoms with Gasteiger partial charge in [0.25, 0.3) is 0 Å². The van der Waals surface area contributed by atoms with Gasteiger partial charge in [0.1, 0.15) is 11.9 Å². The van der Waals surface area contributed by atoms with Gasteiger partial charge in [-0.3, -0.25) is 4.79 Å². The van der Waals surface area contributed by atoms with Crippen molar-refractivity contribution in [2.24, 2.45) is 0 Å². The van der Waals surface area contributed by atoms with E-state index in [2.05, 4.69) is 0 Å². The van der Waals surface area contributed by atoms with E-state index in [1.807, 2.05) is 0 Å². The van der Waals surface area contributed by atoms with Crippen LogP contribution in [0, 0.1) is 0 Å². The van der Waals surface area contributed by atoms with Gasteiger partial charge in [-0.05, 0) is 26.3 Å². The van der Waals surface area contributed by atoms with Gasteiger partial charge in [-0.15, -0.1) is 0 Å². The Balaban J connectivity index is 2.93. The van der Waals surface area contributed by atoms with E-state index >= 15 is 0 Å². The lowest BCUT2D eigenvalue weighted by molar-refractivity contribution is 0.0224. The van der Waals surface area contributed by atoms with Crippen LogP contribution in [0.25, 0.3) is 0 Å². The van der Waals surface area contributed by atoms with Crippen LogP contribution in [-0.2, 0) is 11.3 Å². The molecule has 0 saturated heterocycles. The number of rotatable bonds is 4. The molecule has 0 saturated carbocycles. The van der Waals surface area contributed by atoms with E-state index in [4.69, 9.17) is 28.3 Å². The lowest BCUT2D eigenvalue weighted by Gasteiger charge is -2.38. The Kier molecular flexibility index (Phi) is 5.32. The lowest BCUT2D eigenvalue weighted by Crippen LogP contribution is -2.54. The third kappa shape index (κ3) is 5.70. The van der Waals surface area contributed by atoms with Gasteiger partial charge in [-0.1, -0.05) is 29.5 Å². The zero-order chi connectivity index (χ0) is 16.3. The van der Waals surface area contributed by atoms with E-state index in [1.54, 1.807) is 45.0 Å². The molecule has 1 rings (SSSR count). The first-order chi connectivity index (χ1) is 9.53. The summed E-state index contributed by atoms with van der Waals surface area (Å²) in [6.07, 6.45) is 0.0172. The van der Waals surface area contributed by atoms with Crippen molar-refractivity contribution in [1.29, 1.82) is 0 Å². The number of carbonyl (C=O) groups is 2. The molecule has 1 amide bonds. The molecule has 0 N–H and O–H groups in total. The average molecular weight is 279 g/mol. The summed E-state index contributed by atoms with van der Waals surface area (Å²) >= 11 is 0. The molecule has 0 atom stereocenters. The summed E-state index contributed by atoms with van der Waals surface area (Å²) in [5.74, 6) is 0. The number of carbonyl (C=O) groups excluding carboxylic acids is 2. The second kappa shape index (κ2) is 6.42. The van der Waals surface area contributed by atoms with Crippen LogP contribution in [-0.4, -0.2) is 51.7 Å². The molecule has 1 aromatic carbocycles. The highest BCUT2D eigenvalue weighted by Crippen LogP contribution is 2.17. The first kappa shape index (κ1) is 17.4. The fraction of sp³-hybridized carbons (Fsp3) is 0.429. The van der Waals surface area contributed by atoms with E-state index in [1.165, 1.54) is 0 Å². The Morgan fingerprint density at radius 1 is 1.19 bits per heavy atom. The monoisotopic (exact) mass is 279 g/mol. The molecular formula is C14H16B3NO3. The zero-order valence-electron chi connectivity index (χ0n) is 12.5. The van der Waals surface area contributed by atoms with E-state index in [0.717, 1.165) is 16.7 Å². The van der Waals surface area contributed by atoms with Gasteiger partial charge in [-0.2, -0.15) is 0 Å². The predicted molar refractivity (Wildman–Crippen MR) is 83.6 cm³/mol. The highest BCUT2D eigenvalue weighted by molar-refractivity contribution is 6.59. The van der Waals surface area contributed by atoms with Gasteiger partial charge >= 0.3 is 6.09 Å². The fourth-order valence-corrected chi connectivity index (χ4v) is 1.56. The maximum absolute atomic E-state index is 12.1. The average Bonchev–Trinajstić information content (AvgIpc) is 2.33. The van der Waals surface area contributed by atoms with Crippen molar-refractivity contribution in [1.82, 2.24) is 4.90 Å². The van der Waals surface area contributed by atoms with Crippen LogP contribution in [0.1, 0.15) is 36.7 Å². The minimum absolute atomic E-state index is 0.0670. The maximum Gasteiger partial charge on any atom is 0.408 e. The topological polar surface area (TPSA) is 46.6 Å². The molecule has 1 aromatic rings. The van der Waals surface area contributed by atoms with Crippen molar-refractivity contribution in [2.75, 3.05) is 0 Å². The Morgan fingerprint density at radius 2 is 1.71 bits per heavy atom. The first-order valence-electron chi connectivity index (χ1n) is 6.44. The summed E-state index contributed by atoms with van der Waals surface area (Å²) in [5, 5.41) is -1.86. The summed E-state index contributed by atoms with van der Waals surface area (Å²) < 4.78 is 5.23. The van der Waals surface area contributed by atoms with Crippen LogP contribution in [0.2, 0.25) is 0 Å². The van der Waals surface area contributed by atoms with Gasteiger partial charge in [0.15, 0.2) is 0 Å². The molecule has 0 fully saturated rings. The van der Waals surface area contributed by atoms with Crippen molar-refractivity contribution in [3.05, 3.63) is 35.4 Å². The third-order valence-electron chi connectivity index (χ3n) is 2.54. The SMILES string of the molecule is [B]C([B])([B])N(Cc1ccc(C=O)cc1)C(=O)OC(C)(C)C. The minimum atomic E-state index is -1.86. The number of hydrogen-bond donors (Lipinski definition) is 0. The van der Waals surface area contributed by atoms with Crippen molar-refractivity contribution in [3.63, 3.8) is 0 Å². The van der Waals surface area contributed by atoms with Crippen LogP contribution in [0.3, 0.4) is 0 Å². The number of benzene rings is 1. The molecule has 0 heterocycles. The van der Waals surface area contributed by atoms with Gasteiger partial charge in [-0.25, -0.2) is 4.79 Å². The quantitative estimate of drug-likeness (QED) is 0.617. The maximum atomic E-state index is 12.1. The molecule has 0 unspecified atom stereocenters. The van der Waals surface area contributed by atoms with Gasteiger partial charge in [0.2, 0.25) is 0 Å². The summed E-state index contributed by atoms with van der Waals surface area (Å²) in [7, 11) is 16.9. The third-order valence-corrected chi connectivity index (χ3v) is 2.54. The number of hydrogen-bond acceptors (Lipinski definition) is 3. The summed E-state index contributed by atoms with van der Waals surface area (Å²) in [6, 6.07) is 6.63. The summed E-state index contributed by atoms with van der Waals surface area (Å²) in [4.78, 5) is 23.8. The molecule has 0 aliphatic rings. The van der Waals surface area contributed by atoms with Crippen molar-refractivity contribution < 1.29 is 14.3 Å². The van der Waals surface area contributed by atoms with E-state index in [-0.39, 0.29) is 6.54 Å². The molecule has 21 heavy (non-hydrogen) atoms. The number of amides is 1. The highest BCUT2D eigenvalue weighted by Gasteiger charge is 2.29. The van der Waals surface area contributed by atoms with Crippen LogP contribution in [0.4, 0.5) is 4.79 Å². The highest BCUT2D eigenvalue weighted by atomic mass is 16.6. The Labute approximate surface area is 129 Å². The van der Waals surface area contributed by atoms with Crippen LogP contribution in [0.5, 0.6) is 0 Å². The standard InChI is InChI=1S/C14H16B3NO3/c1-13(2,3)21-12(20)18(14(15,16)17)8-10-4-6-11(9-19)7-5-10/h4-7,9H,8H2,1-3H3. The molecule has 0 bridgehead atoms. The molecule has 6 radical (unpaired) electrons. The van der Waals surface area contributed by atoms with Crippen LogP contribution < -0.4 is 0 Å². The van der Waals surface area contributed by atoms with Crippen molar-refractivity contribution in [2.45, 2.75) is 38.2 Å². The minimum Gasteiger partial charge on any atom is -0.444 e. The largest absolute Gasteiger partial charge is 0.444 e. The second-order valence-electron chi connectivity index (χ2n) is 5.81. The predicted octanol–water partition coefficient (Wildman–Crippen LogP) is 1.35. The summed E-state index contributed by atoms with van der Waals surface area (Å²) in [6.45, 7) is 5.26. The van der Waals surface area contributed by atoms with E-state index < -0.39 is 16.9 Å². The van der Waals surface area contributed by atoms with E-state index in [0.29, 0.717) is 5.56 Å². The zero-order valence-corrected chi connectivity index (χ0v) is 12.5. The number of aldehydes is 1. The lowest BCUT2D eigenvalue weighted by atomic mass is 9.48. The molecule has 7 heteroatoms.